The third-order valence-electron chi connectivity index (χ3n) is 8.48. The van der Waals surface area contributed by atoms with Crippen molar-refractivity contribution in [2.75, 3.05) is 13.2 Å². The number of hydrogen-bond donors (Lipinski definition) is 2. The summed E-state index contributed by atoms with van der Waals surface area (Å²) in [4.78, 5) is 39.0. The molecule has 1 aliphatic heterocycles. The van der Waals surface area contributed by atoms with Crippen molar-refractivity contribution in [3.63, 3.8) is 0 Å². The largest absolute Gasteiger partial charge is 0.460 e. The van der Waals surface area contributed by atoms with Gasteiger partial charge in [-0.1, -0.05) is 69.2 Å². The third kappa shape index (κ3) is 7.72. The topological polar surface area (TPSA) is 103 Å². The first-order valence-corrected chi connectivity index (χ1v) is 14.8. The molecule has 8 heteroatoms. The quantitative estimate of drug-likeness (QED) is 0.398. The summed E-state index contributed by atoms with van der Waals surface area (Å²) >= 11 is 0. The maximum absolute atomic E-state index is 13.4. The van der Waals surface area contributed by atoms with Crippen molar-refractivity contribution in [3.8, 4) is 0 Å². The van der Waals surface area contributed by atoms with Crippen LogP contribution in [-0.2, 0) is 28.6 Å². The number of allylic oxidation sites excluding steroid dienone is 1. The van der Waals surface area contributed by atoms with Gasteiger partial charge in [0.1, 0.15) is 12.2 Å². The van der Waals surface area contributed by atoms with Crippen molar-refractivity contribution in [1.29, 1.82) is 0 Å². The molecule has 2 aliphatic carbocycles. The molecule has 40 heavy (non-hydrogen) atoms. The molecule has 8 nitrogen and oxygen atoms in total. The zero-order valence-electron chi connectivity index (χ0n) is 24.5. The number of carbonyl (C=O) groups excluding carboxylic acids is 3. The molecule has 220 valence electrons. The Labute approximate surface area is 238 Å². The van der Waals surface area contributed by atoms with E-state index in [4.69, 9.17) is 14.2 Å². The van der Waals surface area contributed by atoms with Gasteiger partial charge in [0, 0.05) is 12.0 Å². The van der Waals surface area contributed by atoms with Crippen LogP contribution in [0.5, 0.6) is 0 Å². The lowest BCUT2D eigenvalue weighted by molar-refractivity contribution is -0.304. The maximum Gasteiger partial charge on any atom is 0.307 e. The second-order valence-corrected chi connectivity index (χ2v) is 12.8. The number of amides is 2. The smallest absolute Gasteiger partial charge is 0.307 e. The van der Waals surface area contributed by atoms with Gasteiger partial charge >= 0.3 is 5.97 Å². The van der Waals surface area contributed by atoms with Crippen LogP contribution in [0.2, 0.25) is 0 Å². The van der Waals surface area contributed by atoms with Crippen LogP contribution in [0.25, 0.3) is 6.08 Å². The van der Waals surface area contributed by atoms with Gasteiger partial charge in [-0.25, -0.2) is 0 Å². The molecule has 3 aliphatic rings. The fourth-order valence-corrected chi connectivity index (χ4v) is 5.77. The Bertz CT molecular complexity index is 1060. The molecule has 3 fully saturated rings. The molecule has 1 aromatic carbocycles. The van der Waals surface area contributed by atoms with Crippen LogP contribution >= 0.6 is 0 Å². The summed E-state index contributed by atoms with van der Waals surface area (Å²) in [5, 5.41) is 6.08. The number of carbonyl (C=O) groups is 3. The molecule has 1 heterocycles. The van der Waals surface area contributed by atoms with Gasteiger partial charge in [-0.05, 0) is 57.9 Å². The van der Waals surface area contributed by atoms with Gasteiger partial charge < -0.3 is 24.8 Å². The Morgan fingerprint density at radius 2 is 1.75 bits per heavy atom. The van der Waals surface area contributed by atoms with Crippen molar-refractivity contribution in [1.82, 2.24) is 10.6 Å². The predicted octanol–water partition coefficient (Wildman–Crippen LogP) is 4.91. The van der Waals surface area contributed by atoms with Crippen LogP contribution in [-0.4, -0.2) is 55.0 Å². The molecule has 0 bridgehead atoms. The highest BCUT2D eigenvalue weighted by Crippen LogP contribution is 2.45. The van der Waals surface area contributed by atoms with Crippen LogP contribution < -0.4 is 10.6 Å². The molecule has 2 saturated carbocycles. The summed E-state index contributed by atoms with van der Waals surface area (Å²) in [5.41, 5.74) is 0.263. The molecule has 4 rings (SSSR count). The van der Waals surface area contributed by atoms with E-state index in [0.717, 1.165) is 50.5 Å². The van der Waals surface area contributed by atoms with Gasteiger partial charge in [-0.2, -0.15) is 0 Å². The summed E-state index contributed by atoms with van der Waals surface area (Å²) < 4.78 is 17.4. The normalized spacial score (nSPS) is 26.9. The lowest BCUT2D eigenvalue weighted by Crippen LogP contribution is -2.56. The molecule has 1 aromatic rings. The van der Waals surface area contributed by atoms with Gasteiger partial charge in [0.15, 0.2) is 5.79 Å². The summed E-state index contributed by atoms with van der Waals surface area (Å²) in [6.07, 6.45) is 10.2. The van der Waals surface area contributed by atoms with E-state index in [-0.39, 0.29) is 48.3 Å². The fraction of sp³-hybridized carbons (Fsp3) is 0.656. The lowest BCUT2D eigenvalue weighted by Gasteiger charge is -2.44. The third-order valence-corrected chi connectivity index (χ3v) is 8.48. The highest BCUT2D eigenvalue weighted by atomic mass is 16.7. The predicted molar refractivity (Wildman–Crippen MR) is 153 cm³/mol. The Morgan fingerprint density at radius 1 is 1.02 bits per heavy atom. The van der Waals surface area contributed by atoms with E-state index < -0.39 is 17.3 Å². The Morgan fingerprint density at radius 3 is 2.45 bits per heavy atom. The number of benzene rings is 1. The molecule has 3 atom stereocenters. The van der Waals surface area contributed by atoms with Crippen LogP contribution in [0.3, 0.4) is 0 Å². The number of esters is 1. The summed E-state index contributed by atoms with van der Waals surface area (Å²) in [6, 6.07) is 9.92. The fourth-order valence-electron chi connectivity index (χ4n) is 5.77. The first-order valence-electron chi connectivity index (χ1n) is 14.8. The van der Waals surface area contributed by atoms with E-state index in [2.05, 4.69) is 34.9 Å². The molecule has 0 spiro atoms. The monoisotopic (exact) mass is 554 g/mol. The minimum Gasteiger partial charge on any atom is -0.460 e. The van der Waals surface area contributed by atoms with Crippen LogP contribution in [0.15, 0.2) is 36.4 Å². The molecule has 1 unspecified atom stereocenters. The van der Waals surface area contributed by atoms with Gasteiger partial charge in [0.2, 0.25) is 11.8 Å². The van der Waals surface area contributed by atoms with Crippen LogP contribution in [0, 0.1) is 10.8 Å². The van der Waals surface area contributed by atoms with Gasteiger partial charge in [-0.3, -0.25) is 14.4 Å². The first-order chi connectivity index (χ1) is 19.0. The second kappa shape index (κ2) is 12.9. The number of nitrogens with one attached hydrogen (secondary N) is 2. The summed E-state index contributed by atoms with van der Waals surface area (Å²) in [5.74, 6) is -1.40. The lowest BCUT2D eigenvalue weighted by atomic mass is 9.65. The van der Waals surface area contributed by atoms with E-state index in [1.165, 1.54) is 0 Å². The average Bonchev–Trinajstić information content (AvgIpc) is 2.89. The Balaban J connectivity index is 1.25. The van der Waals surface area contributed by atoms with Crippen molar-refractivity contribution < 1.29 is 28.6 Å². The standard InChI is InChI=1S/C32H46N2O6/c1-30(2)22-38-31(3,4)40-27(30)28(36)33-21-17-26(35)39-25-16-9-8-15-24(25)34-29(37)32(19-11-20-32)18-10-14-23-12-6-5-7-13-23/h5-7,10,12-14,24-25,27H,8-9,11,15-22H2,1-4H3,(H,33,36)(H,34,37)/t24-,25-,27?/m0/s1. The van der Waals surface area contributed by atoms with E-state index in [9.17, 15) is 14.4 Å². The second-order valence-electron chi connectivity index (χ2n) is 12.8. The highest BCUT2D eigenvalue weighted by molar-refractivity contribution is 5.84. The van der Waals surface area contributed by atoms with E-state index >= 15 is 0 Å². The molecule has 2 N–H and O–H groups in total. The number of ether oxygens (including phenoxy) is 3. The zero-order valence-corrected chi connectivity index (χ0v) is 24.5. The van der Waals surface area contributed by atoms with Gasteiger partial charge in [0.25, 0.3) is 0 Å². The van der Waals surface area contributed by atoms with E-state index in [1.807, 2.05) is 32.0 Å². The van der Waals surface area contributed by atoms with Crippen molar-refractivity contribution in [3.05, 3.63) is 42.0 Å². The molecule has 2 amide bonds. The zero-order chi connectivity index (χ0) is 28.8. The average molecular weight is 555 g/mol. The van der Waals surface area contributed by atoms with Crippen molar-refractivity contribution >= 4 is 23.9 Å². The van der Waals surface area contributed by atoms with E-state index in [1.54, 1.807) is 13.8 Å². The maximum atomic E-state index is 13.4. The molecule has 0 aromatic heterocycles. The Hall–Kier alpha value is -2.71. The molecule has 0 radical (unpaired) electrons. The van der Waals surface area contributed by atoms with Crippen molar-refractivity contribution in [2.24, 2.45) is 10.8 Å². The molecular formula is C32H46N2O6. The minimum atomic E-state index is -0.840. The van der Waals surface area contributed by atoms with Gasteiger partial charge in [-0.15, -0.1) is 0 Å². The highest BCUT2D eigenvalue weighted by Gasteiger charge is 2.46. The minimum absolute atomic E-state index is 0.0597. The van der Waals surface area contributed by atoms with Crippen LogP contribution in [0.4, 0.5) is 0 Å². The summed E-state index contributed by atoms with van der Waals surface area (Å²) in [7, 11) is 0. The van der Waals surface area contributed by atoms with Crippen molar-refractivity contribution in [2.45, 2.75) is 110 Å². The molecule has 1 saturated heterocycles. The number of hydrogen-bond acceptors (Lipinski definition) is 6. The van der Waals surface area contributed by atoms with Crippen LogP contribution in [0.1, 0.15) is 91.0 Å². The summed E-state index contributed by atoms with van der Waals surface area (Å²) in [6.45, 7) is 7.98. The molecular weight excluding hydrogens is 508 g/mol. The van der Waals surface area contributed by atoms with Gasteiger partial charge in [0.05, 0.1) is 24.5 Å². The number of rotatable bonds is 10. The Kier molecular flexibility index (Phi) is 9.72. The first kappa shape index (κ1) is 30.3. The van der Waals surface area contributed by atoms with E-state index in [0.29, 0.717) is 13.0 Å². The SMILES string of the molecule is CC1(C)OCC(C)(C)C(C(=O)NCCC(=O)O[C@H]2CCCC[C@@H]2NC(=O)C2(CC=Cc3ccccc3)CCC2)O1.